The van der Waals surface area contributed by atoms with E-state index in [0.29, 0.717) is 0 Å². The first-order valence-electron chi connectivity index (χ1n) is 5.79. The van der Waals surface area contributed by atoms with Crippen molar-refractivity contribution >= 4 is 0 Å². The molecule has 2 aliphatic rings. The summed E-state index contributed by atoms with van der Waals surface area (Å²) in [4.78, 5) is 2.58. The van der Waals surface area contributed by atoms with Crippen molar-refractivity contribution < 1.29 is 0 Å². The number of nitrogens with zero attached hydrogens (tertiary/aromatic N) is 1. The molecule has 2 unspecified atom stereocenters. The van der Waals surface area contributed by atoms with Gasteiger partial charge in [0.15, 0.2) is 0 Å². The highest BCUT2D eigenvalue weighted by Crippen LogP contribution is 2.26. The Labute approximate surface area is 81.7 Å². The van der Waals surface area contributed by atoms with E-state index in [1.54, 1.807) is 0 Å². The van der Waals surface area contributed by atoms with Gasteiger partial charge in [0.2, 0.25) is 0 Å². The highest BCUT2D eigenvalue weighted by atomic mass is 15.2. The lowest BCUT2D eigenvalue weighted by atomic mass is 9.91. The molecule has 2 heterocycles. The minimum atomic E-state index is 0.824. The normalized spacial score (nSPS) is 37.6. The smallest absolute Gasteiger partial charge is 0.0245 e. The molecule has 2 atom stereocenters. The second kappa shape index (κ2) is 4.43. The third-order valence-corrected chi connectivity index (χ3v) is 3.73. The van der Waals surface area contributed by atoms with E-state index in [4.69, 9.17) is 0 Å². The molecule has 0 amide bonds. The SMILES string of the molecule is CN1CCCCC2CCCNCC21. The molecule has 2 fully saturated rings. The Morgan fingerprint density at radius 3 is 2.92 bits per heavy atom. The topological polar surface area (TPSA) is 15.3 Å². The molecule has 0 aromatic carbocycles. The summed E-state index contributed by atoms with van der Waals surface area (Å²) in [5, 5.41) is 3.56. The van der Waals surface area contributed by atoms with Crippen LogP contribution in [0.5, 0.6) is 0 Å². The zero-order valence-corrected chi connectivity index (χ0v) is 8.76. The largest absolute Gasteiger partial charge is 0.315 e. The summed E-state index contributed by atoms with van der Waals surface area (Å²) >= 11 is 0. The molecule has 2 heteroatoms. The Morgan fingerprint density at radius 2 is 2.00 bits per heavy atom. The second-order valence-corrected chi connectivity index (χ2v) is 4.65. The minimum absolute atomic E-state index is 0.824. The average Bonchev–Trinajstić information content (AvgIpc) is 2.43. The van der Waals surface area contributed by atoms with Gasteiger partial charge in [-0.2, -0.15) is 0 Å². The molecule has 2 aliphatic heterocycles. The highest BCUT2D eigenvalue weighted by molar-refractivity contribution is 4.84. The van der Waals surface area contributed by atoms with Crippen molar-refractivity contribution in [1.82, 2.24) is 10.2 Å². The Hall–Kier alpha value is -0.0800. The number of likely N-dealkylation sites (tertiary alicyclic amines) is 1. The Bertz CT molecular complexity index is 156. The van der Waals surface area contributed by atoms with Gasteiger partial charge in [-0.25, -0.2) is 0 Å². The molecule has 0 spiro atoms. The molecule has 0 aromatic heterocycles. The predicted molar refractivity (Wildman–Crippen MR) is 55.9 cm³/mol. The molecule has 1 N–H and O–H groups in total. The van der Waals surface area contributed by atoms with E-state index >= 15 is 0 Å². The van der Waals surface area contributed by atoms with Crippen molar-refractivity contribution in [3.63, 3.8) is 0 Å². The molecule has 2 rings (SSSR count). The fourth-order valence-corrected chi connectivity index (χ4v) is 2.88. The Morgan fingerprint density at radius 1 is 1.15 bits per heavy atom. The highest BCUT2D eigenvalue weighted by Gasteiger charge is 2.28. The van der Waals surface area contributed by atoms with Gasteiger partial charge < -0.3 is 10.2 Å². The first kappa shape index (κ1) is 9.47. The van der Waals surface area contributed by atoms with E-state index in [-0.39, 0.29) is 0 Å². The van der Waals surface area contributed by atoms with Gasteiger partial charge in [0, 0.05) is 12.6 Å². The summed E-state index contributed by atoms with van der Waals surface area (Å²) < 4.78 is 0. The van der Waals surface area contributed by atoms with E-state index in [9.17, 15) is 0 Å². The van der Waals surface area contributed by atoms with Crippen LogP contribution in [-0.2, 0) is 0 Å². The summed E-state index contributed by atoms with van der Waals surface area (Å²) in [6.07, 6.45) is 7.16. The van der Waals surface area contributed by atoms with Crippen molar-refractivity contribution in [3.8, 4) is 0 Å². The molecule has 0 radical (unpaired) electrons. The van der Waals surface area contributed by atoms with Crippen LogP contribution in [0.1, 0.15) is 32.1 Å². The van der Waals surface area contributed by atoms with Crippen LogP contribution in [0.4, 0.5) is 0 Å². The van der Waals surface area contributed by atoms with Gasteiger partial charge in [0.1, 0.15) is 0 Å². The van der Waals surface area contributed by atoms with Crippen molar-refractivity contribution in [2.45, 2.75) is 38.1 Å². The standard InChI is InChI=1S/C11H22N2/c1-13-8-3-2-5-10-6-4-7-12-9-11(10)13/h10-12H,2-9H2,1H3. The van der Waals surface area contributed by atoms with Gasteiger partial charge in [-0.3, -0.25) is 0 Å². The van der Waals surface area contributed by atoms with Gasteiger partial charge in [0.25, 0.3) is 0 Å². The predicted octanol–water partition coefficient (Wildman–Crippen LogP) is 1.47. The number of hydrogen-bond donors (Lipinski definition) is 1. The van der Waals surface area contributed by atoms with Crippen molar-refractivity contribution in [3.05, 3.63) is 0 Å². The van der Waals surface area contributed by atoms with E-state index in [1.807, 2.05) is 0 Å². The summed E-state index contributed by atoms with van der Waals surface area (Å²) in [6.45, 7) is 3.77. The number of rotatable bonds is 0. The van der Waals surface area contributed by atoms with Crippen LogP contribution in [0.2, 0.25) is 0 Å². The van der Waals surface area contributed by atoms with Crippen LogP contribution in [-0.4, -0.2) is 37.6 Å². The average molecular weight is 182 g/mol. The first-order valence-corrected chi connectivity index (χ1v) is 5.79. The van der Waals surface area contributed by atoms with E-state index in [1.165, 1.54) is 51.7 Å². The van der Waals surface area contributed by atoms with Gasteiger partial charge >= 0.3 is 0 Å². The minimum Gasteiger partial charge on any atom is -0.315 e. The van der Waals surface area contributed by atoms with E-state index in [2.05, 4.69) is 17.3 Å². The fourth-order valence-electron chi connectivity index (χ4n) is 2.88. The zero-order chi connectivity index (χ0) is 9.10. The van der Waals surface area contributed by atoms with Gasteiger partial charge in [-0.05, 0) is 51.7 Å². The Kier molecular flexibility index (Phi) is 3.23. The number of hydrogen-bond acceptors (Lipinski definition) is 2. The lowest BCUT2D eigenvalue weighted by molar-refractivity contribution is 0.191. The lowest BCUT2D eigenvalue weighted by Crippen LogP contribution is -2.42. The van der Waals surface area contributed by atoms with Crippen LogP contribution < -0.4 is 5.32 Å². The monoisotopic (exact) mass is 182 g/mol. The molecule has 2 nitrogen and oxygen atoms in total. The Balaban J connectivity index is 2.03. The molecule has 13 heavy (non-hydrogen) atoms. The first-order chi connectivity index (χ1) is 6.38. The maximum absolute atomic E-state index is 3.56. The molecule has 76 valence electrons. The summed E-state index contributed by atoms with van der Waals surface area (Å²) in [5.41, 5.74) is 0. The molecule has 0 aromatic rings. The second-order valence-electron chi connectivity index (χ2n) is 4.65. The molecule has 0 aliphatic carbocycles. The molecule has 0 bridgehead atoms. The van der Waals surface area contributed by atoms with Crippen LogP contribution in [0.15, 0.2) is 0 Å². The summed E-state index contributed by atoms with van der Waals surface area (Å²) in [7, 11) is 2.30. The third kappa shape index (κ3) is 2.23. The van der Waals surface area contributed by atoms with Crippen LogP contribution in [0.25, 0.3) is 0 Å². The number of likely N-dealkylation sites (N-methyl/N-ethyl adjacent to an activating group) is 1. The van der Waals surface area contributed by atoms with Gasteiger partial charge in [-0.15, -0.1) is 0 Å². The maximum Gasteiger partial charge on any atom is 0.0245 e. The van der Waals surface area contributed by atoms with Crippen LogP contribution in [0.3, 0.4) is 0 Å². The van der Waals surface area contributed by atoms with Gasteiger partial charge in [-0.1, -0.05) is 6.42 Å². The molecular weight excluding hydrogens is 160 g/mol. The van der Waals surface area contributed by atoms with Crippen LogP contribution >= 0.6 is 0 Å². The van der Waals surface area contributed by atoms with Crippen LogP contribution in [0, 0.1) is 5.92 Å². The number of nitrogens with one attached hydrogen (secondary N) is 1. The van der Waals surface area contributed by atoms with Crippen molar-refractivity contribution in [2.24, 2.45) is 5.92 Å². The third-order valence-electron chi connectivity index (χ3n) is 3.73. The maximum atomic E-state index is 3.56. The van der Waals surface area contributed by atoms with E-state index < -0.39 is 0 Å². The van der Waals surface area contributed by atoms with Gasteiger partial charge in [0.05, 0.1) is 0 Å². The van der Waals surface area contributed by atoms with Crippen molar-refractivity contribution in [1.29, 1.82) is 0 Å². The number of fused-ring (bicyclic) bond motifs is 1. The molecule has 2 saturated heterocycles. The summed E-state index contributed by atoms with van der Waals surface area (Å²) in [6, 6.07) is 0.824. The zero-order valence-electron chi connectivity index (χ0n) is 8.76. The molecule has 0 saturated carbocycles. The quantitative estimate of drug-likeness (QED) is 0.610. The lowest BCUT2D eigenvalue weighted by Gasteiger charge is -2.30. The fraction of sp³-hybridized carbons (Fsp3) is 1.00. The van der Waals surface area contributed by atoms with E-state index in [0.717, 1.165) is 12.0 Å². The molecular formula is C11H22N2. The van der Waals surface area contributed by atoms with Crippen molar-refractivity contribution in [2.75, 3.05) is 26.7 Å². The summed E-state index contributed by atoms with van der Waals surface area (Å²) in [5.74, 6) is 0.975.